The highest BCUT2D eigenvalue weighted by Gasteiger charge is 2.07. The van der Waals surface area contributed by atoms with Gasteiger partial charge >= 0.3 is 0 Å². The molecule has 2 aromatic rings. The van der Waals surface area contributed by atoms with E-state index in [0.29, 0.717) is 11.6 Å². The molecule has 0 fully saturated rings. The van der Waals surface area contributed by atoms with E-state index < -0.39 is 4.92 Å². The van der Waals surface area contributed by atoms with Crippen molar-refractivity contribution in [1.82, 2.24) is 5.32 Å². The van der Waals surface area contributed by atoms with Gasteiger partial charge in [0, 0.05) is 23.7 Å². The number of hydrogen-bond acceptors (Lipinski definition) is 3. The lowest BCUT2D eigenvalue weighted by atomic mass is 10.1. The van der Waals surface area contributed by atoms with Gasteiger partial charge < -0.3 is 5.32 Å². The maximum atomic E-state index is 11.8. The molecule has 114 valence electrons. The van der Waals surface area contributed by atoms with Crippen LogP contribution in [0.4, 0.5) is 5.69 Å². The second kappa shape index (κ2) is 7.56. The van der Waals surface area contributed by atoms with Crippen molar-refractivity contribution in [3.63, 3.8) is 0 Å². The largest absolute Gasteiger partial charge is 0.355 e. The first-order valence-corrected chi connectivity index (χ1v) is 7.17. The zero-order valence-corrected chi connectivity index (χ0v) is 12.5. The van der Waals surface area contributed by atoms with Crippen LogP contribution in [-0.2, 0) is 17.6 Å². The van der Waals surface area contributed by atoms with Crippen molar-refractivity contribution in [3.8, 4) is 0 Å². The van der Waals surface area contributed by atoms with Gasteiger partial charge in [-0.25, -0.2) is 0 Å². The number of nitro benzene ring substituents is 1. The molecule has 0 aliphatic rings. The molecular weight excluding hydrogens is 304 g/mol. The van der Waals surface area contributed by atoms with Crippen molar-refractivity contribution in [1.29, 1.82) is 0 Å². The highest BCUT2D eigenvalue weighted by Crippen LogP contribution is 2.12. The van der Waals surface area contributed by atoms with Crippen molar-refractivity contribution in [2.75, 3.05) is 6.54 Å². The summed E-state index contributed by atoms with van der Waals surface area (Å²) >= 11 is 5.81. The first-order valence-electron chi connectivity index (χ1n) is 6.79. The van der Waals surface area contributed by atoms with Crippen molar-refractivity contribution < 1.29 is 9.72 Å². The predicted octanol–water partition coefficient (Wildman–Crippen LogP) is 3.15. The minimum atomic E-state index is -0.462. The number of non-ortho nitro benzene ring substituents is 1. The summed E-state index contributed by atoms with van der Waals surface area (Å²) in [5.41, 5.74) is 1.86. The number of nitro groups is 1. The van der Waals surface area contributed by atoms with Crippen LogP contribution in [-0.4, -0.2) is 17.4 Å². The van der Waals surface area contributed by atoms with Gasteiger partial charge in [-0.2, -0.15) is 0 Å². The normalized spacial score (nSPS) is 10.2. The molecule has 2 rings (SSSR count). The summed E-state index contributed by atoms with van der Waals surface area (Å²) in [4.78, 5) is 21.9. The predicted molar refractivity (Wildman–Crippen MR) is 85.0 cm³/mol. The molecule has 0 saturated heterocycles. The van der Waals surface area contributed by atoms with Crippen LogP contribution in [0.1, 0.15) is 11.1 Å². The van der Waals surface area contributed by atoms with Crippen molar-refractivity contribution >= 4 is 23.2 Å². The zero-order valence-electron chi connectivity index (χ0n) is 11.8. The van der Waals surface area contributed by atoms with Gasteiger partial charge in [0.1, 0.15) is 0 Å². The average molecular weight is 319 g/mol. The maximum Gasteiger partial charge on any atom is 0.269 e. The van der Waals surface area contributed by atoms with Crippen LogP contribution in [0.3, 0.4) is 0 Å². The number of nitrogens with zero attached hydrogens (tertiary/aromatic N) is 1. The summed E-state index contributed by atoms with van der Waals surface area (Å²) in [6.45, 7) is 0.535. The van der Waals surface area contributed by atoms with E-state index >= 15 is 0 Å². The molecule has 0 unspecified atom stereocenters. The maximum absolute atomic E-state index is 11.8. The Labute approximate surface area is 133 Å². The first kappa shape index (κ1) is 16.0. The Morgan fingerprint density at radius 1 is 1.05 bits per heavy atom. The van der Waals surface area contributed by atoms with E-state index in [-0.39, 0.29) is 18.0 Å². The van der Waals surface area contributed by atoms with Gasteiger partial charge in [-0.3, -0.25) is 14.9 Å². The molecule has 0 aliphatic carbocycles. The Bertz CT molecular complexity index is 654. The zero-order chi connectivity index (χ0) is 15.9. The Morgan fingerprint density at radius 3 is 2.23 bits per heavy atom. The van der Waals surface area contributed by atoms with Crippen molar-refractivity contribution in [2.24, 2.45) is 0 Å². The molecule has 0 aromatic heterocycles. The monoisotopic (exact) mass is 318 g/mol. The van der Waals surface area contributed by atoms with Gasteiger partial charge in [0.2, 0.25) is 5.91 Å². The summed E-state index contributed by atoms with van der Waals surface area (Å²) in [5, 5.41) is 14.1. The van der Waals surface area contributed by atoms with E-state index in [9.17, 15) is 14.9 Å². The average Bonchev–Trinajstić information content (AvgIpc) is 2.50. The Balaban J connectivity index is 1.77. The lowest BCUT2D eigenvalue weighted by Crippen LogP contribution is -2.27. The third-order valence-corrected chi connectivity index (χ3v) is 3.41. The fourth-order valence-corrected chi connectivity index (χ4v) is 2.11. The molecule has 0 atom stereocenters. The molecule has 0 saturated carbocycles. The number of carbonyl (C=O) groups excluding carboxylic acids is 1. The molecule has 0 heterocycles. The van der Waals surface area contributed by atoms with Crippen molar-refractivity contribution in [3.05, 3.63) is 74.8 Å². The minimum absolute atomic E-state index is 0.0203. The van der Waals surface area contributed by atoms with Gasteiger partial charge in [0.25, 0.3) is 5.69 Å². The lowest BCUT2D eigenvalue weighted by Gasteiger charge is -2.06. The highest BCUT2D eigenvalue weighted by molar-refractivity contribution is 6.30. The molecule has 22 heavy (non-hydrogen) atoms. The number of amides is 1. The lowest BCUT2D eigenvalue weighted by molar-refractivity contribution is -0.384. The standard InChI is InChI=1S/C16H15ClN2O3/c17-14-5-1-12(2-6-14)9-10-18-16(20)11-13-3-7-15(8-4-13)19(21)22/h1-8H,9-11H2,(H,18,20). The summed E-state index contributed by atoms with van der Waals surface area (Å²) in [7, 11) is 0. The van der Waals surface area contributed by atoms with Crippen LogP contribution >= 0.6 is 11.6 Å². The fourth-order valence-electron chi connectivity index (χ4n) is 1.98. The first-order chi connectivity index (χ1) is 10.5. The third kappa shape index (κ3) is 4.86. The second-order valence-electron chi connectivity index (χ2n) is 4.83. The van der Waals surface area contributed by atoms with Gasteiger partial charge in [0.15, 0.2) is 0 Å². The molecule has 5 nitrogen and oxygen atoms in total. The van der Waals surface area contributed by atoms with Crippen LogP contribution in [0.2, 0.25) is 5.02 Å². The smallest absolute Gasteiger partial charge is 0.269 e. The topological polar surface area (TPSA) is 72.2 Å². The Morgan fingerprint density at radius 2 is 1.64 bits per heavy atom. The van der Waals surface area contributed by atoms with Crippen LogP contribution < -0.4 is 5.32 Å². The third-order valence-electron chi connectivity index (χ3n) is 3.16. The van der Waals surface area contributed by atoms with Crippen molar-refractivity contribution in [2.45, 2.75) is 12.8 Å². The Kier molecular flexibility index (Phi) is 5.49. The molecule has 6 heteroatoms. The minimum Gasteiger partial charge on any atom is -0.355 e. The highest BCUT2D eigenvalue weighted by atomic mass is 35.5. The fraction of sp³-hybridized carbons (Fsp3) is 0.188. The number of carbonyl (C=O) groups is 1. The second-order valence-corrected chi connectivity index (χ2v) is 5.26. The van der Waals surface area contributed by atoms with Gasteiger partial charge in [-0.15, -0.1) is 0 Å². The van der Waals surface area contributed by atoms with E-state index in [2.05, 4.69) is 5.32 Å². The summed E-state index contributed by atoms with van der Waals surface area (Å²) in [5.74, 6) is -0.109. The molecule has 1 amide bonds. The number of nitrogens with one attached hydrogen (secondary N) is 1. The molecule has 0 spiro atoms. The van der Waals surface area contributed by atoms with Crippen LogP contribution in [0.5, 0.6) is 0 Å². The van der Waals surface area contributed by atoms with Gasteiger partial charge in [-0.05, 0) is 29.7 Å². The SMILES string of the molecule is O=C(Cc1ccc([N+](=O)[O-])cc1)NCCc1ccc(Cl)cc1. The van der Waals surface area contributed by atoms with E-state index in [1.807, 2.05) is 24.3 Å². The summed E-state index contributed by atoms with van der Waals surface area (Å²) in [6.07, 6.45) is 0.932. The molecule has 1 N–H and O–H groups in total. The number of rotatable bonds is 6. The molecule has 0 aliphatic heterocycles. The Hall–Kier alpha value is -2.40. The van der Waals surface area contributed by atoms with Gasteiger partial charge in [0.05, 0.1) is 11.3 Å². The molecular formula is C16H15ClN2O3. The summed E-state index contributed by atoms with van der Waals surface area (Å²) in [6, 6.07) is 13.5. The number of hydrogen-bond donors (Lipinski definition) is 1. The van der Waals surface area contributed by atoms with Gasteiger partial charge in [-0.1, -0.05) is 35.9 Å². The molecule has 0 radical (unpaired) electrons. The van der Waals surface area contributed by atoms with E-state index in [4.69, 9.17) is 11.6 Å². The van der Waals surface area contributed by atoms with E-state index in [1.54, 1.807) is 12.1 Å². The van der Waals surface area contributed by atoms with Crippen LogP contribution in [0.25, 0.3) is 0 Å². The number of halogens is 1. The molecule has 2 aromatic carbocycles. The van der Waals surface area contributed by atoms with E-state index in [0.717, 1.165) is 17.5 Å². The number of benzene rings is 2. The van der Waals surface area contributed by atoms with E-state index in [1.165, 1.54) is 12.1 Å². The van der Waals surface area contributed by atoms with Crippen LogP contribution in [0.15, 0.2) is 48.5 Å². The quantitative estimate of drug-likeness (QED) is 0.657. The van der Waals surface area contributed by atoms with Crippen LogP contribution in [0, 0.1) is 10.1 Å². The summed E-state index contributed by atoms with van der Waals surface area (Å²) < 4.78 is 0. The molecule has 0 bridgehead atoms.